The van der Waals surface area contributed by atoms with Crippen LogP contribution in [0.15, 0.2) is 24.3 Å². The molecule has 1 aromatic rings. The van der Waals surface area contributed by atoms with E-state index >= 15 is 0 Å². The van der Waals surface area contributed by atoms with E-state index in [0.29, 0.717) is 12.5 Å². The molecule has 0 fully saturated rings. The zero-order valence-corrected chi connectivity index (χ0v) is 10.7. The van der Waals surface area contributed by atoms with Crippen LogP contribution in [0.25, 0.3) is 0 Å². The van der Waals surface area contributed by atoms with Crippen LogP contribution in [0.1, 0.15) is 12.5 Å². The lowest BCUT2D eigenvalue weighted by molar-refractivity contribution is -0.203. The molecule has 0 saturated carbocycles. The van der Waals surface area contributed by atoms with Gasteiger partial charge in [-0.15, -0.1) is 0 Å². The second kappa shape index (κ2) is 5.70. The maximum atomic E-state index is 12.7. The fourth-order valence-electron chi connectivity index (χ4n) is 1.26. The van der Waals surface area contributed by atoms with E-state index in [4.69, 9.17) is 10.4 Å². The quantitative estimate of drug-likeness (QED) is 0.795. The van der Waals surface area contributed by atoms with E-state index in [1.54, 1.807) is 0 Å². The molecule has 9 heteroatoms. The summed E-state index contributed by atoms with van der Waals surface area (Å²) in [5.41, 5.74) is -3.00. The molecule has 0 aliphatic heterocycles. The first-order valence-corrected chi connectivity index (χ1v) is 5.49. The van der Waals surface area contributed by atoms with E-state index in [2.05, 4.69) is 5.32 Å². The minimum absolute atomic E-state index is 0.112. The molecule has 1 aromatic carbocycles. The summed E-state index contributed by atoms with van der Waals surface area (Å²) in [7, 11) is 0. The van der Waals surface area contributed by atoms with Crippen LogP contribution in [-0.2, 0) is 4.79 Å². The molecule has 0 heterocycles. The molecule has 1 atom stereocenters. The van der Waals surface area contributed by atoms with Gasteiger partial charge in [0, 0.05) is 5.69 Å². The summed E-state index contributed by atoms with van der Waals surface area (Å²) < 4.78 is 38.1. The summed E-state index contributed by atoms with van der Waals surface area (Å²) in [6.07, 6.45) is -5.17. The summed E-state index contributed by atoms with van der Waals surface area (Å²) in [6, 6.07) is 5.77. The number of carbonyl (C=O) groups is 2. The molecule has 0 spiro atoms. The minimum Gasteiger partial charge on any atom is -0.479 e. The van der Waals surface area contributed by atoms with Crippen LogP contribution in [0.3, 0.4) is 0 Å². The van der Waals surface area contributed by atoms with Crippen LogP contribution in [-0.4, -0.2) is 28.8 Å². The van der Waals surface area contributed by atoms with Crippen molar-refractivity contribution in [1.82, 2.24) is 5.32 Å². The van der Waals surface area contributed by atoms with Crippen molar-refractivity contribution >= 4 is 17.7 Å². The molecule has 3 N–H and O–H groups in total. The first-order chi connectivity index (χ1) is 9.60. The summed E-state index contributed by atoms with van der Waals surface area (Å²) >= 11 is 0. The number of alkyl halides is 3. The molecule has 0 aromatic heterocycles. The van der Waals surface area contributed by atoms with Crippen molar-refractivity contribution in [2.24, 2.45) is 0 Å². The average molecular weight is 301 g/mol. The number of amides is 2. The van der Waals surface area contributed by atoms with Crippen LogP contribution in [0.5, 0.6) is 0 Å². The van der Waals surface area contributed by atoms with Gasteiger partial charge in [0.15, 0.2) is 0 Å². The molecule has 1 unspecified atom stereocenters. The Labute approximate surface area is 117 Å². The molecule has 0 saturated heterocycles. The van der Waals surface area contributed by atoms with E-state index in [1.165, 1.54) is 29.6 Å². The van der Waals surface area contributed by atoms with E-state index in [9.17, 15) is 22.8 Å². The average Bonchev–Trinajstić information content (AvgIpc) is 2.37. The Morgan fingerprint density at radius 1 is 1.24 bits per heavy atom. The van der Waals surface area contributed by atoms with Gasteiger partial charge in [-0.1, -0.05) is 0 Å². The van der Waals surface area contributed by atoms with E-state index < -0.39 is 23.7 Å². The van der Waals surface area contributed by atoms with E-state index in [1.807, 2.05) is 6.07 Å². The standard InChI is InChI=1S/C12H10F3N3O3/c1-11(9(19)20,12(13,14)15)18-10(21)17-8-4-2-7(6-16)3-5-8/h2-5H,1H3,(H,19,20)(H2,17,18,21). The van der Waals surface area contributed by atoms with Crippen molar-refractivity contribution < 1.29 is 27.9 Å². The number of anilines is 1. The lowest BCUT2D eigenvalue weighted by Gasteiger charge is -2.28. The predicted octanol–water partition coefficient (Wildman–Crippen LogP) is 2.09. The molecular weight excluding hydrogens is 291 g/mol. The number of nitriles is 1. The van der Waals surface area contributed by atoms with E-state index in [-0.39, 0.29) is 5.69 Å². The highest BCUT2D eigenvalue weighted by molar-refractivity contribution is 5.94. The molecule has 0 aliphatic rings. The lowest BCUT2D eigenvalue weighted by Crippen LogP contribution is -2.62. The Balaban J connectivity index is 2.84. The molecule has 0 bridgehead atoms. The SMILES string of the molecule is CC(NC(=O)Nc1ccc(C#N)cc1)(C(=O)O)C(F)(F)F. The highest BCUT2D eigenvalue weighted by Gasteiger charge is 2.58. The van der Waals surface area contributed by atoms with Crippen molar-refractivity contribution in [3.8, 4) is 6.07 Å². The van der Waals surface area contributed by atoms with Gasteiger partial charge in [0.25, 0.3) is 0 Å². The van der Waals surface area contributed by atoms with Gasteiger partial charge in [0.1, 0.15) is 0 Å². The fraction of sp³-hybridized carbons (Fsp3) is 0.250. The number of hydrogen-bond acceptors (Lipinski definition) is 3. The normalized spacial score (nSPS) is 13.7. The number of rotatable bonds is 3. The Morgan fingerprint density at radius 2 is 1.76 bits per heavy atom. The Bertz CT molecular complexity index is 592. The molecule has 6 nitrogen and oxygen atoms in total. The highest BCUT2D eigenvalue weighted by Crippen LogP contribution is 2.30. The van der Waals surface area contributed by atoms with Gasteiger partial charge in [-0.2, -0.15) is 18.4 Å². The Kier molecular flexibility index (Phi) is 4.42. The molecule has 1 rings (SSSR count). The number of hydrogen-bond donors (Lipinski definition) is 3. The third kappa shape index (κ3) is 3.62. The van der Waals surface area contributed by atoms with Crippen molar-refractivity contribution in [3.05, 3.63) is 29.8 Å². The first kappa shape index (κ1) is 16.3. The summed E-state index contributed by atoms with van der Waals surface area (Å²) in [5.74, 6) is -2.23. The number of halogens is 3. The maximum Gasteiger partial charge on any atom is 0.422 e. The summed E-state index contributed by atoms with van der Waals surface area (Å²) in [4.78, 5) is 22.2. The summed E-state index contributed by atoms with van der Waals surface area (Å²) in [5, 5.41) is 20.7. The number of carboxylic acid groups (broad SMARTS) is 1. The van der Waals surface area contributed by atoms with Gasteiger partial charge in [0.05, 0.1) is 11.6 Å². The number of benzene rings is 1. The number of carbonyl (C=O) groups excluding carboxylic acids is 1. The molecular formula is C12H10F3N3O3. The van der Waals surface area contributed by atoms with E-state index in [0.717, 1.165) is 0 Å². The molecule has 0 radical (unpaired) electrons. The third-order valence-corrected chi connectivity index (χ3v) is 2.63. The Hall–Kier alpha value is -2.76. The second-order valence-corrected chi connectivity index (χ2v) is 4.20. The molecule has 2 amide bonds. The molecule has 0 aliphatic carbocycles. The van der Waals surface area contributed by atoms with Crippen LogP contribution in [0.2, 0.25) is 0 Å². The van der Waals surface area contributed by atoms with Crippen molar-refractivity contribution in [1.29, 1.82) is 5.26 Å². The van der Waals surface area contributed by atoms with Crippen molar-refractivity contribution in [3.63, 3.8) is 0 Å². The summed E-state index contributed by atoms with van der Waals surface area (Å²) in [6.45, 7) is 0.341. The van der Waals surface area contributed by atoms with Crippen molar-refractivity contribution in [2.45, 2.75) is 18.6 Å². The maximum absolute atomic E-state index is 12.7. The van der Waals surface area contributed by atoms with Crippen LogP contribution >= 0.6 is 0 Å². The van der Waals surface area contributed by atoms with Crippen LogP contribution in [0.4, 0.5) is 23.7 Å². The molecule has 112 valence electrons. The zero-order valence-electron chi connectivity index (χ0n) is 10.7. The van der Waals surface area contributed by atoms with Gasteiger partial charge < -0.3 is 15.7 Å². The lowest BCUT2D eigenvalue weighted by atomic mass is 10.0. The topological polar surface area (TPSA) is 102 Å². The van der Waals surface area contributed by atoms with Gasteiger partial charge in [-0.25, -0.2) is 9.59 Å². The number of carboxylic acids is 1. The zero-order chi connectivity index (χ0) is 16.3. The van der Waals surface area contributed by atoms with Crippen LogP contribution in [0, 0.1) is 11.3 Å². The third-order valence-electron chi connectivity index (χ3n) is 2.63. The highest BCUT2D eigenvalue weighted by atomic mass is 19.4. The number of nitrogens with zero attached hydrogens (tertiary/aromatic N) is 1. The van der Waals surface area contributed by atoms with Gasteiger partial charge in [0.2, 0.25) is 5.54 Å². The smallest absolute Gasteiger partial charge is 0.422 e. The monoisotopic (exact) mass is 301 g/mol. The van der Waals surface area contributed by atoms with Gasteiger partial charge in [-0.3, -0.25) is 0 Å². The number of nitrogens with one attached hydrogen (secondary N) is 2. The van der Waals surface area contributed by atoms with Crippen LogP contribution < -0.4 is 10.6 Å². The van der Waals surface area contributed by atoms with Crippen molar-refractivity contribution in [2.75, 3.05) is 5.32 Å². The number of aliphatic carboxylic acids is 1. The van der Waals surface area contributed by atoms with Gasteiger partial charge in [-0.05, 0) is 31.2 Å². The largest absolute Gasteiger partial charge is 0.479 e. The number of urea groups is 1. The molecule has 21 heavy (non-hydrogen) atoms. The second-order valence-electron chi connectivity index (χ2n) is 4.20. The minimum atomic E-state index is -5.17. The predicted molar refractivity (Wildman–Crippen MR) is 65.4 cm³/mol. The Morgan fingerprint density at radius 3 is 2.14 bits per heavy atom. The fourth-order valence-corrected chi connectivity index (χ4v) is 1.26. The van der Waals surface area contributed by atoms with Gasteiger partial charge >= 0.3 is 18.2 Å². The first-order valence-electron chi connectivity index (χ1n) is 5.49.